The first-order chi connectivity index (χ1) is 8.22. The van der Waals surface area contributed by atoms with Crippen LogP contribution in [0.15, 0.2) is 47.2 Å². The van der Waals surface area contributed by atoms with Crippen molar-refractivity contribution in [3.05, 3.63) is 58.3 Å². The van der Waals surface area contributed by atoms with Crippen molar-refractivity contribution < 1.29 is 4.74 Å². The van der Waals surface area contributed by atoms with Crippen LogP contribution in [0.5, 0.6) is 5.75 Å². The molecule has 4 heteroatoms. The number of aromatic nitrogens is 1. The summed E-state index contributed by atoms with van der Waals surface area (Å²) < 4.78 is 6.31. The highest BCUT2D eigenvalue weighted by atomic mass is 79.9. The van der Waals surface area contributed by atoms with Gasteiger partial charge in [0, 0.05) is 22.4 Å². The van der Waals surface area contributed by atoms with Crippen LogP contribution < -0.4 is 10.5 Å². The minimum absolute atomic E-state index is 0.217. The molecule has 0 saturated heterocycles. The molecule has 0 aliphatic heterocycles. The Kier molecular flexibility index (Phi) is 3.76. The molecule has 0 fully saturated rings. The Bertz CT molecular complexity index is 502. The first-order valence-electron chi connectivity index (χ1n) is 5.21. The lowest BCUT2D eigenvalue weighted by molar-refractivity contribution is 0.407. The molecule has 0 saturated carbocycles. The maximum absolute atomic E-state index is 6.23. The molecule has 0 radical (unpaired) electrons. The summed E-state index contributed by atoms with van der Waals surface area (Å²) in [5.74, 6) is 0.789. The second-order valence-electron chi connectivity index (χ2n) is 3.64. The van der Waals surface area contributed by atoms with Gasteiger partial charge in [0.1, 0.15) is 5.75 Å². The predicted molar refractivity (Wildman–Crippen MR) is 71.0 cm³/mol. The lowest BCUT2D eigenvalue weighted by atomic mass is 10.00. The van der Waals surface area contributed by atoms with E-state index in [0.717, 1.165) is 21.3 Å². The first kappa shape index (κ1) is 12.1. The minimum Gasteiger partial charge on any atom is -0.496 e. The number of rotatable bonds is 3. The average Bonchev–Trinajstić information content (AvgIpc) is 2.39. The summed E-state index contributed by atoms with van der Waals surface area (Å²) in [7, 11) is 1.64. The van der Waals surface area contributed by atoms with E-state index < -0.39 is 0 Å². The van der Waals surface area contributed by atoms with Crippen LogP contribution in [0, 0.1) is 0 Å². The lowest BCUT2D eigenvalue weighted by Gasteiger charge is -2.16. The van der Waals surface area contributed by atoms with E-state index in [4.69, 9.17) is 10.5 Å². The van der Waals surface area contributed by atoms with Crippen LogP contribution in [0.4, 0.5) is 0 Å². The summed E-state index contributed by atoms with van der Waals surface area (Å²) in [6.07, 6.45) is 3.47. The van der Waals surface area contributed by atoms with E-state index in [0.29, 0.717) is 0 Å². The van der Waals surface area contributed by atoms with Gasteiger partial charge in [-0.25, -0.2) is 0 Å². The normalized spacial score (nSPS) is 12.2. The number of methoxy groups -OCH3 is 1. The van der Waals surface area contributed by atoms with Gasteiger partial charge in [0.05, 0.1) is 13.2 Å². The van der Waals surface area contributed by atoms with Crippen molar-refractivity contribution in [2.24, 2.45) is 5.73 Å². The molecule has 1 heterocycles. The monoisotopic (exact) mass is 292 g/mol. The zero-order valence-corrected chi connectivity index (χ0v) is 11.0. The second-order valence-corrected chi connectivity index (χ2v) is 4.56. The Labute approximate surface area is 109 Å². The summed E-state index contributed by atoms with van der Waals surface area (Å²) in [5.41, 5.74) is 8.20. The van der Waals surface area contributed by atoms with Gasteiger partial charge in [-0.3, -0.25) is 4.98 Å². The highest BCUT2D eigenvalue weighted by molar-refractivity contribution is 9.10. The number of pyridine rings is 1. The molecule has 2 rings (SSSR count). The van der Waals surface area contributed by atoms with E-state index in [2.05, 4.69) is 20.9 Å². The first-order valence-corrected chi connectivity index (χ1v) is 6.00. The van der Waals surface area contributed by atoms with Crippen molar-refractivity contribution in [2.45, 2.75) is 6.04 Å². The summed E-state index contributed by atoms with van der Waals surface area (Å²) in [4.78, 5) is 3.99. The summed E-state index contributed by atoms with van der Waals surface area (Å²) >= 11 is 3.44. The molecule has 3 nitrogen and oxygen atoms in total. The Morgan fingerprint density at radius 3 is 2.59 bits per heavy atom. The van der Waals surface area contributed by atoms with Crippen molar-refractivity contribution in [1.82, 2.24) is 4.98 Å². The Morgan fingerprint density at radius 1 is 1.24 bits per heavy atom. The van der Waals surface area contributed by atoms with Gasteiger partial charge in [-0.15, -0.1) is 0 Å². The summed E-state index contributed by atoms with van der Waals surface area (Å²) in [6.45, 7) is 0. The Morgan fingerprint density at radius 2 is 1.94 bits per heavy atom. The molecule has 0 aliphatic rings. The molecule has 0 amide bonds. The van der Waals surface area contributed by atoms with E-state index in [9.17, 15) is 0 Å². The van der Waals surface area contributed by atoms with Gasteiger partial charge in [-0.1, -0.05) is 15.9 Å². The van der Waals surface area contributed by atoms with Crippen molar-refractivity contribution in [2.75, 3.05) is 7.11 Å². The molecule has 0 bridgehead atoms. The van der Waals surface area contributed by atoms with E-state index in [1.807, 2.05) is 30.3 Å². The third-order valence-corrected chi connectivity index (χ3v) is 3.09. The molecule has 1 aromatic carbocycles. The molecule has 17 heavy (non-hydrogen) atoms. The van der Waals surface area contributed by atoms with Crippen LogP contribution in [-0.2, 0) is 0 Å². The van der Waals surface area contributed by atoms with Crippen LogP contribution in [0.3, 0.4) is 0 Å². The van der Waals surface area contributed by atoms with Gasteiger partial charge >= 0.3 is 0 Å². The summed E-state index contributed by atoms with van der Waals surface area (Å²) in [6, 6.07) is 9.41. The third-order valence-electron chi connectivity index (χ3n) is 2.59. The van der Waals surface area contributed by atoms with Gasteiger partial charge in [-0.05, 0) is 35.9 Å². The average molecular weight is 293 g/mol. The highest BCUT2D eigenvalue weighted by Crippen LogP contribution is 2.30. The van der Waals surface area contributed by atoms with Crippen molar-refractivity contribution in [3.63, 3.8) is 0 Å². The smallest absolute Gasteiger partial charge is 0.124 e. The van der Waals surface area contributed by atoms with E-state index in [-0.39, 0.29) is 6.04 Å². The van der Waals surface area contributed by atoms with Crippen LogP contribution in [-0.4, -0.2) is 12.1 Å². The maximum atomic E-state index is 6.23. The molecular weight excluding hydrogens is 280 g/mol. The zero-order valence-electron chi connectivity index (χ0n) is 9.43. The fourth-order valence-corrected chi connectivity index (χ4v) is 2.08. The molecule has 88 valence electrons. The van der Waals surface area contributed by atoms with Gasteiger partial charge < -0.3 is 10.5 Å². The number of hydrogen-bond acceptors (Lipinski definition) is 3. The Balaban J connectivity index is 2.43. The number of benzene rings is 1. The van der Waals surface area contributed by atoms with Crippen molar-refractivity contribution >= 4 is 15.9 Å². The molecule has 1 aromatic heterocycles. The SMILES string of the molecule is COc1ccc(Br)cc1C(N)c1ccncc1. The minimum atomic E-state index is -0.217. The van der Waals surface area contributed by atoms with Crippen LogP contribution >= 0.6 is 15.9 Å². The topological polar surface area (TPSA) is 48.1 Å². The predicted octanol–water partition coefficient (Wildman–Crippen LogP) is 2.90. The number of nitrogens with two attached hydrogens (primary N) is 1. The number of hydrogen-bond donors (Lipinski definition) is 1. The molecule has 2 aromatic rings. The standard InChI is InChI=1S/C13H13BrN2O/c1-17-12-3-2-10(14)8-11(12)13(15)9-4-6-16-7-5-9/h2-8,13H,15H2,1H3. The van der Waals surface area contributed by atoms with Crippen LogP contribution in [0.1, 0.15) is 17.2 Å². The van der Waals surface area contributed by atoms with Crippen molar-refractivity contribution in [3.8, 4) is 5.75 Å². The zero-order chi connectivity index (χ0) is 12.3. The quantitative estimate of drug-likeness (QED) is 0.946. The third kappa shape index (κ3) is 2.65. The molecular formula is C13H13BrN2O. The number of nitrogens with zero attached hydrogens (tertiary/aromatic N) is 1. The number of halogens is 1. The highest BCUT2D eigenvalue weighted by Gasteiger charge is 2.14. The largest absolute Gasteiger partial charge is 0.496 e. The molecule has 0 spiro atoms. The van der Waals surface area contributed by atoms with Crippen LogP contribution in [0.2, 0.25) is 0 Å². The van der Waals surface area contributed by atoms with E-state index in [1.54, 1.807) is 19.5 Å². The van der Waals surface area contributed by atoms with Gasteiger partial charge in [0.25, 0.3) is 0 Å². The molecule has 1 atom stereocenters. The van der Waals surface area contributed by atoms with Gasteiger partial charge in [0.15, 0.2) is 0 Å². The van der Waals surface area contributed by atoms with E-state index in [1.165, 1.54) is 0 Å². The lowest BCUT2D eigenvalue weighted by Crippen LogP contribution is -2.13. The van der Waals surface area contributed by atoms with Gasteiger partial charge in [0.2, 0.25) is 0 Å². The second kappa shape index (κ2) is 5.29. The maximum Gasteiger partial charge on any atom is 0.124 e. The Hall–Kier alpha value is -1.39. The fourth-order valence-electron chi connectivity index (χ4n) is 1.70. The van der Waals surface area contributed by atoms with Gasteiger partial charge in [-0.2, -0.15) is 0 Å². The molecule has 1 unspecified atom stereocenters. The fraction of sp³-hybridized carbons (Fsp3) is 0.154. The number of ether oxygens (including phenoxy) is 1. The van der Waals surface area contributed by atoms with E-state index >= 15 is 0 Å². The summed E-state index contributed by atoms with van der Waals surface area (Å²) in [5, 5.41) is 0. The van der Waals surface area contributed by atoms with Crippen molar-refractivity contribution in [1.29, 1.82) is 0 Å². The van der Waals surface area contributed by atoms with Crippen LogP contribution in [0.25, 0.3) is 0 Å². The molecule has 2 N–H and O–H groups in total. The molecule has 0 aliphatic carbocycles.